The Kier molecular flexibility index (Phi) is 8.42. The Morgan fingerprint density at radius 1 is 0.897 bits per heavy atom. The van der Waals surface area contributed by atoms with Gasteiger partial charge < -0.3 is 5.32 Å². The minimum atomic E-state index is -4.39. The van der Waals surface area contributed by atoms with Crippen LogP contribution in [0.5, 0.6) is 0 Å². The van der Waals surface area contributed by atoms with Crippen LogP contribution in [-0.4, -0.2) is 28.4 Å². The van der Waals surface area contributed by atoms with E-state index >= 15 is 0 Å². The summed E-state index contributed by atoms with van der Waals surface area (Å²) in [6, 6.07) is 12.0. The molecule has 0 saturated heterocycles. The maximum Gasteiger partial charge on any atom is 0.416 e. The molecule has 0 radical (unpaired) electrons. The second-order valence-electron chi connectivity index (χ2n) is 8.11. The number of nitrogens with one attached hydrogen (secondary N) is 1. The van der Waals surface area contributed by atoms with Crippen LogP contribution in [0, 0.1) is 6.92 Å². The SMILES string of the molecule is Cc1cc(Br)c2nc(Nc3ccc(S(N)(=O)=O)cc3)ncc2c1.FC(F)(F)c1cc(Br)c2nc(Cl)ncc2c1. The van der Waals surface area contributed by atoms with Crippen molar-refractivity contribution in [2.45, 2.75) is 18.0 Å². The Hall–Kier alpha value is -2.91. The van der Waals surface area contributed by atoms with Gasteiger partial charge >= 0.3 is 6.18 Å². The molecular formula is C24H16Br2ClF3N6O2S. The van der Waals surface area contributed by atoms with Crippen molar-refractivity contribution in [1.82, 2.24) is 19.9 Å². The Morgan fingerprint density at radius 3 is 2.13 bits per heavy atom. The lowest BCUT2D eigenvalue weighted by Crippen LogP contribution is -2.11. The van der Waals surface area contributed by atoms with Gasteiger partial charge in [-0.3, -0.25) is 0 Å². The van der Waals surface area contributed by atoms with Gasteiger partial charge in [0.05, 0.1) is 21.5 Å². The fraction of sp³-hybridized carbons (Fsp3) is 0.0833. The molecular weight excluding hydrogens is 689 g/mol. The third kappa shape index (κ3) is 7.19. The maximum absolute atomic E-state index is 12.5. The van der Waals surface area contributed by atoms with Crippen molar-refractivity contribution in [3.63, 3.8) is 0 Å². The van der Waals surface area contributed by atoms with E-state index in [4.69, 9.17) is 16.7 Å². The van der Waals surface area contributed by atoms with Gasteiger partial charge in [0.2, 0.25) is 21.3 Å². The number of nitrogens with two attached hydrogens (primary N) is 1. The number of rotatable bonds is 3. The number of aromatic nitrogens is 4. The highest BCUT2D eigenvalue weighted by atomic mass is 79.9. The highest BCUT2D eigenvalue weighted by Gasteiger charge is 2.31. The molecule has 2 heterocycles. The first-order chi connectivity index (χ1) is 18.2. The number of halogens is 6. The molecule has 202 valence electrons. The number of aryl methyl sites for hydroxylation is 1. The summed E-state index contributed by atoms with van der Waals surface area (Å²) in [6.07, 6.45) is -1.40. The van der Waals surface area contributed by atoms with Crippen molar-refractivity contribution in [1.29, 1.82) is 0 Å². The smallest absolute Gasteiger partial charge is 0.324 e. The van der Waals surface area contributed by atoms with E-state index < -0.39 is 21.8 Å². The number of fused-ring (bicyclic) bond motifs is 2. The molecule has 0 amide bonds. The van der Waals surface area contributed by atoms with Crippen LogP contribution in [0.25, 0.3) is 21.8 Å². The van der Waals surface area contributed by atoms with Gasteiger partial charge in [0.25, 0.3) is 0 Å². The zero-order valence-corrected chi connectivity index (χ0v) is 24.4. The topological polar surface area (TPSA) is 124 Å². The van der Waals surface area contributed by atoms with Gasteiger partial charge in [-0.15, -0.1) is 0 Å². The molecule has 0 aliphatic carbocycles. The molecule has 0 bridgehead atoms. The fourth-order valence-corrected chi connectivity index (χ4v) is 5.30. The molecule has 0 aliphatic heterocycles. The molecule has 15 heteroatoms. The van der Waals surface area contributed by atoms with E-state index in [1.807, 2.05) is 19.1 Å². The molecule has 2 aromatic heterocycles. The molecule has 0 fully saturated rings. The number of alkyl halides is 3. The van der Waals surface area contributed by atoms with Crippen molar-refractivity contribution >= 4 is 86.9 Å². The molecule has 0 saturated carbocycles. The first-order valence-corrected chi connectivity index (χ1v) is 14.2. The number of nitrogens with zero attached hydrogens (tertiary/aromatic N) is 4. The zero-order valence-electron chi connectivity index (χ0n) is 19.6. The Morgan fingerprint density at radius 2 is 1.49 bits per heavy atom. The number of anilines is 2. The molecule has 0 aliphatic rings. The number of benzene rings is 3. The van der Waals surface area contributed by atoms with Gasteiger partial charge in [-0.25, -0.2) is 33.5 Å². The lowest BCUT2D eigenvalue weighted by molar-refractivity contribution is -0.137. The molecule has 0 unspecified atom stereocenters. The molecule has 0 spiro atoms. The lowest BCUT2D eigenvalue weighted by atomic mass is 10.1. The molecule has 39 heavy (non-hydrogen) atoms. The van der Waals surface area contributed by atoms with Crippen LogP contribution < -0.4 is 10.5 Å². The monoisotopic (exact) mass is 702 g/mol. The van der Waals surface area contributed by atoms with Gasteiger partial charge in [-0.2, -0.15) is 13.2 Å². The molecule has 5 aromatic rings. The quantitative estimate of drug-likeness (QED) is 0.191. The van der Waals surface area contributed by atoms with Crippen LogP contribution in [-0.2, 0) is 16.2 Å². The molecule has 0 atom stereocenters. The van der Waals surface area contributed by atoms with Gasteiger partial charge in [-0.1, -0.05) is 0 Å². The molecule has 8 nitrogen and oxygen atoms in total. The van der Waals surface area contributed by atoms with Crippen LogP contribution >= 0.6 is 43.5 Å². The standard InChI is InChI=1S/C15H13BrN4O2S.C9H3BrClF3N2/c1-9-6-10-8-18-15(20-14(10)13(16)7-9)19-11-2-4-12(5-3-11)23(17,21)22;10-6-2-5(9(12,13)14)1-4-3-15-8(11)16-7(4)6/h2-8H,1H3,(H2,17,21,22)(H,18,19,20);1-3H. The fourth-order valence-electron chi connectivity index (χ4n) is 3.40. The first kappa shape index (κ1) is 29.1. The van der Waals surface area contributed by atoms with Crippen molar-refractivity contribution in [3.05, 3.63) is 86.3 Å². The molecule has 3 N–H and O–H groups in total. The van der Waals surface area contributed by atoms with E-state index in [-0.39, 0.29) is 20.0 Å². The number of hydrogen-bond donors (Lipinski definition) is 2. The second kappa shape index (κ2) is 11.3. The minimum absolute atomic E-state index is 0.00652. The minimum Gasteiger partial charge on any atom is -0.324 e. The second-order valence-corrected chi connectivity index (χ2v) is 11.7. The van der Waals surface area contributed by atoms with Crippen molar-refractivity contribution < 1.29 is 21.6 Å². The van der Waals surface area contributed by atoms with Gasteiger partial charge in [0.15, 0.2) is 0 Å². The summed E-state index contributed by atoms with van der Waals surface area (Å²) in [7, 11) is -3.70. The zero-order chi connectivity index (χ0) is 28.5. The Labute approximate surface area is 242 Å². The molecule has 5 rings (SSSR count). The summed E-state index contributed by atoms with van der Waals surface area (Å²) in [5, 5.41) is 9.32. The van der Waals surface area contributed by atoms with E-state index in [0.717, 1.165) is 33.1 Å². The summed E-state index contributed by atoms with van der Waals surface area (Å²) in [4.78, 5) is 16.3. The van der Waals surface area contributed by atoms with E-state index in [0.29, 0.717) is 17.2 Å². The summed E-state index contributed by atoms with van der Waals surface area (Å²) in [5.74, 6) is 0.422. The van der Waals surface area contributed by atoms with E-state index in [9.17, 15) is 21.6 Å². The third-order valence-corrected chi connectivity index (χ3v) is 7.47. The predicted molar refractivity (Wildman–Crippen MR) is 150 cm³/mol. The lowest BCUT2D eigenvalue weighted by Gasteiger charge is -2.08. The van der Waals surface area contributed by atoms with Crippen LogP contribution in [0.1, 0.15) is 11.1 Å². The van der Waals surface area contributed by atoms with Crippen LogP contribution in [0.15, 0.2) is 74.8 Å². The summed E-state index contributed by atoms with van der Waals surface area (Å²) < 4.78 is 61.1. The number of primary sulfonamides is 1. The van der Waals surface area contributed by atoms with Gasteiger partial charge in [0, 0.05) is 37.8 Å². The van der Waals surface area contributed by atoms with Crippen LogP contribution in [0.4, 0.5) is 24.8 Å². The summed E-state index contributed by atoms with van der Waals surface area (Å²) in [6.45, 7) is 2.00. The van der Waals surface area contributed by atoms with Crippen molar-refractivity contribution in [3.8, 4) is 0 Å². The number of hydrogen-bond acceptors (Lipinski definition) is 7. The largest absolute Gasteiger partial charge is 0.416 e. The highest BCUT2D eigenvalue weighted by Crippen LogP contribution is 2.34. The first-order valence-electron chi connectivity index (χ1n) is 10.7. The van der Waals surface area contributed by atoms with Crippen LogP contribution in [0.3, 0.4) is 0 Å². The van der Waals surface area contributed by atoms with E-state index in [2.05, 4.69) is 57.1 Å². The average molecular weight is 705 g/mol. The Bertz CT molecular complexity index is 1810. The van der Waals surface area contributed by atoms with Gasteiger partial charge in [0.1, 0.15) is 0 Å². The molecule has 3 aromatic carbocycles. The van der Waals surface area contributed by atoms with Crippen LogP contribution in [0.2, 0.25) is 5.28 Å². The average Bonchev–Trinajstić information content (AvgIpc) is 2.84. The highest BCUT2D eigenvalue weighted by molar-refractivity contribution is 9.11. The third-order valence-electron chi connectivity index (χ3n) is 5.15. The van der Waals surface area contributed by atoms with Gasteiger partial charge in [-0.05, 0) is 104 Å². The maximum atomic E-state index is 12.5. The van der Waals surface area contributed by atoms with E-state index in [1.165, 1.54) is 18.3 Å². The summed E-state index contributed by atoms with van der Waals surface area (Å²) in [5.41, 5.74) is 2.19. The normalized spacial score (nSPS) is 11.8. The van der Waals surface area contributed by atoms with Crippen molar-refractivity contribution in [2.75, 3.05) is 5.32 Å². The summed E-state index contributed by atoms with van der Waals surface area (Å²) >= 11 is 12.1. The van der Waals surface area contributed by atoms with E-state index in [1.54, 1.807) is 18.3 Å². The predicted octanol–water partition coefficient (Wildman–Crippen LogP) is 7.16. The van der Waals surface area contributed by atoms with Crippen molar-refractivity contribution in [2.24, 2.45) is 5.14 Å². The Balaban J connectivity index is 0.000000193. The number of sulfonamides is 1.